The van der Waals surface area contributed by atoms with Gasteiger partial charge in [0.1, 0.15) is 0 Å². The van der Waals surface area contributed by atoms with Crippen LogP contribution in [0.4, 0.5) is 0 Å². The van der Waals surface area contributed by atoms with E-state index in [-0.39, 0.29) is 0 Å². The molecule has 0 unspecified atom stereocenters. The average Bonchev–Trinajstić information content (AvgIpc) is 2.10. The van der Waals surface area contributed by atoms with Crippen LogP contribution in [-0.2, 0) is 0 Å². The van der Waals surface area contributed by atoms with Crippen LogP contribution in [0.2, 0.25) is 0 Å². The molecule has 0 heterocycles. The van der Waals surface area contributed by atoms with Gasteiger partial charge in [0.2, 0.25) is 0 Å². The number of unbranched alkanes of at least 4 members (excludes halogenated alkanes) is 7. The van der Waals surface area contributed by atoms with Crippen LogP contribution in [0, 0.1) is 13.0 Å². The Morgan fingerprint density at radius 3 is 2.17 bits per heavy atom. The molecular formula is C12H22. The summed E-state index contributed by atoms with van der Waals surface area (Å²) in [6.07, 6.45) is 15.7. The van der Waals surface area contributed by atoms with Gasteiger partial charge in [0, 0.05) is 0 Å². The van der Waals surface area contributed by atoms with Gasteiger partial charge in [0.05, 0.1) is 0 Å². The molecule has 12 heavy (non-hydrogen) atoms. The van der Waals surface area contributed by atoms with Crippen molar-refractivity contribution < 1.29 is 0 Å². The molecule has 0 fully saturated rings. The maximum Gasteiger partial charge on any atom is -0.0345 e. The van der Waals surface area contributed by atoms with Crippen LogP contribution in [0.15, 0.2) is 6.08 Å². The number of hydrogen-bond acceptors (Lipinski definition) is 0. The first-order valence-corrected chi connectivity index (χ1v) is 5.20. The molecule has 0 aliphatic heterocycles. The van der Waals surface area contributed by atoms with Crippen molar-refractivity contribution in [2.75, 3.05) is 0 Å². The predicted molar refractivity (Wildman–Crippen MR) is 55.8 cm³/mol. The Balaban J connectivity index is 2.81. The molecule has 0 nitrogen and oxygen atoms in total. The molecule has 0 aromatic rings. The fourth-order valence-electron chi connectivity index (χ4n) is 1.27. The molecule has 0 heteroatoms. The van der Waals surface area contributed by atoms with Gasteiger partial charge in [0.25, 0.3) is 0 Å². The van der Waals surface area contributed by atoms with Gasteiger partial charge < -0.3 is 0 Å². The van der Waals surface area contributed by atoms with Crippen molar-refractivity contribution in [3.8, 4) is 0 Å². The van der Waals surface area contributed by atoms with Crippen molar-refractivity contribution in [3.63, 3.8) is 0 Å². The fraction of sp³-hybridized carbons (Fsp3) is 0.750. The average molecular weight is 166 g/mol. The Kier molecular flexibility index (Phi) is 10.5. The maximum absolute atomic E-state index is 3.83. The largest absolute Gasteiger partial charge is 0.0813 e. The number of hydrogen-bond donors (Lipinski definition) is 0. The topological polar surface area (TPSA) is 0 Å². The first-order chi connectivity index (χ1) is 5.91. The Labute approximate surface area is 78.1 Å². The zero-order chi connectivity index (χ0) is 9.07. The second-order valence-corrected chi connectivity index (χ2v) is 3.26. The normalized spacial score (nSPS) is 11.2. The molecule has 0 aromatic carbocycles. The van der Waals surface area contributed by atoms with E-state index in [2.05, 4.69) is 19.1 Å². The van der Waals surface area contributed by atoms with E-state index in [9.17, 15) is 0 Å². The van der Waals surface area contributed by atoms with Gasteiger partial charge >= 0.3 is 0 Å². The monoisotopic (exact) mass is 166 g/mol. The van der Waals surface area contributed by atoms with E-state index < -0.39 is 0 Å². The van der Waals surface area contributed by atoms with Crippen molar-refractivity contribution >= 4 is 0 Å². The molecule has 0 saturated carbocycles. The lowest BCUT2D eigenvalue weighted by Gasteiger charge is -1.98. The quantitative estimate of drug-likeness (QED) is 0.471. The summed E-state index contributed by atoms with van der Waals surface area (Å²) < 4.78 is 0. The van der Waals surface area contributed by atoms with E-state index in [1.165, 1.54) is 44.9 Å². The lowest BCUT2D eigenvalue weighted by atomic mass is 10.1. The minimum absolute atomic E-state index is 1.10. The minimum Gasteiger partial charge on any atom is -0.0813 e. The van der Waals surface area contributed by atoms with E-state index in [0.29, 0.717) is 0 Å². The summed E-state index contributed by atoms with van der Waals surface area (Å²) in [7, 11) is 0. The van der Waals surface area contributed by atoms with E-state index in [1.807, 2.05) is 6.92 Å². The smallest absolute Gasteiger partial charge is 0.0345 e. The molecule has 0 aliphatic carbocycles. The van der Waals surface area contributed by atoms with Gasteiger partial charge in [0.15, 0.2) is 0 Å². The van der Waals surface area contributed by atoms with Crippen LogP contribution in [-0.4, -0.2) is 0 Å². The molecule has 0 aliphatic rings. The van der Waals surface area contributed by atoms with E-state index in [1.54, 1.807) is 0 Å². The van der Waals surface area contributed by atoms with E-state index in [0.717, 1.165) is 6.42 Å². The predicted octanol–water partition coefficient (Wildman–Crippen LogP) is 4.32. The summed E-state index contributed by atoms with van der Waals surface area (Å²) in [5, 5.41) is 0. The zero-order valence-electron chi connectivity index (χ0n) is 8.44. The van der Waals surface area contributed by atoms with Crippen molar-refractivity contribution in [1.82, 2.24) is 0 Å². The molecule has 2 radical (unpaired) electrons. The summed E-state index contributed by atoms with van der Waals surface area (Å²) in [5.41, 5.74) is 0. The summed E-state index contributed by atoms with van der Waals surface area (Å²) >= 11 is 0. The molecule has 0 amide bonds. The highest BCUT2D eigenvalue weighted by Crippen LogP contribution is 2.08. The molecule has 0 atom stereocenters. The highest BCUT2D eigenvalue weighted by Gasteiger charge is 1.88. The van der Waals surface area contributed by atoms with E-state index in [4.69, 9.17) is 0 Å². The molecular weight excluding hydrogens is 144 g/mol. The number of rotatable bonds is 8. The Morgan fingerprint density at radius 1 is 1.00 bits per heavy atom. The van der Waals surface area contributed by atoms with Gasteiger partial charge in [-0.3, -0.25) is 0 Å². The molecule has 0 aromatic heterocycles. The van der Waals surface area contributed by atoms with Crippen LogP contribution in [0.25, 0.3) is 0 Å². The highest BCUT2D eigenvalue weighted by molar-refractivity contribution is 4.69. The Hall–Kier alpha value is -0.260. The van der Waals surface area contributed by atoms with E-state index >= 15 is 0 Å². The zero-order valence-corrected chi connectivity index (χ0v) is 8.44. The lowest BCUT2D eigenvalue weighted by molar-refractivity contribution is 0.599. The van der Waals surface area contributed by atoms with Crippen molar-refractivity contribution in [2.24, 2.45) is 0 Å². The third kappa shape index (κ3) is 9.74. The van der Waals surface area contributed by atoms with Gasteiger partial charge in [-0.05, 0) is 19.8 Å². The van der Waals surface area contributed by atoms with Crippen molar-refractivity contribution in [3.05, 3.63) is 19.1 Å². The third-order valence-corrected chi connectivity index (χ3v) is 2.05. The summed E-state index contributed by atoms with van der Waals surface area (Å²) in [6.45, 7) is 5.80. The van der Waals surface area contributed by atoms with Crippen LogP contribution in [0.5, 0.6) is 0 Å². The Bertz CT molecular complexity index is 92.2. The second kappa shape index (κ2) is 10.7. The van der Waals surface area contributed by atoms with Crippen LogP contribution >= 0.6 is 0 Å². The molecule has 0 N–H and O–H groups in total. The van der Waals surface area contributed by atoms with Gasteiger partial charge in [-0.25, -0.2) is 0 Å². The van der Waals surface area contributed by atoms with Gasteiger partial charge in [-0.2, -0.15) is 0 Å². The van der Waals surface area contributed by atoms with Crippen LogP contribution in [0.1, 0.15) is 58.3 Å². The minimum atomic E-state index is 1.10. The molecule has 0 spiro atoms. The Morgan fingerprint density at radius 2 is 1.58 bits per heavy atom. The van der Waals surface area contributed by atoms with Crippen LogP contribution in [0.3, 0.4) is 0 Å². The van der Waals surface area contributed by atoms with Crippen LogP contribution < -0.4 is 0 Å². The van der Waals surface area contributed by atoms with Gasteiger partial charge in [-0.15, -0.1) is 0 Å². The fourth-order valence-corrected chi connectivity index (χ4v) is 1.27. The van der Waals surface area contributed by atoms with Gasteiger partial charge in [-0.1, -0.05) is 57.6 Å². The molecule has 0 saturated heterocycles. The van der Waals surface area contributed by atoms with Crippen molar-refractivity contribution in [2.45, 2.75) is 58.3 Å². The first-order valence-electron chi connectivity index (χ1n) is 5.20. The molecule has 70 valence electrons. The molecule has 0 rings (SSSR count). The SMILES string of the molecule is [CH2]CCCCCCCC/C=[C]/C. The number of allylic oxidation sites excluding steroid dienone is 2. The first kappa shape index (κ1) is 11.7. The molecule has 0 bridgehead atoms. The lowest BCUT2D eigenvalue weighted by Crippen LogP contribution is -1.78. The van der Waals surface area contributed by atoms with Crippen molar-refractivity contribution in [1.29, 1.82) is 0 Å². The summed E-state index contributed by atoms with van der Waals surface area (Å²) in [4.78, 5) is 0. The standard InChI is InChI=1S/C12H22/c1-3-5-7-9-11-12-10-8-6-4-2/h6H,1,3,5,7-12H2,2H3. The summed E-state index contributed by atoms with van der Waals surface area (Å²) in [6, 6.07) is 0. The summed E-state index contributed by atoms with van der Waals surface area (Å²) in [5.74, 6) is 0. The third-order valence-electron chi connectivity index (χ3n) is 2.05. The highest BCUT2D eigenvalue weighted by atomic mass is 13.9. The maximum atomic E-state index is 3.83. The second-order valence-electron chi connectivity index (χ2n) is 3.26.